The summed E-state index contributed by atoms with van der Waals surface area (Å²) < 4.78 is 10.7. The van der Waals surface area contributed by atoms with Crippen molar-refractivity contribution in [3.05, 3.63) is 22.4 Å². The molecule has 114 valence electrons. The van der Waals surface area contributed by atoms with E-state index in [1.807, 2.05) is 0 Å². The van der Waals surface area contributed by atoms with E-state index in [4.69, 9.17) is 14.6 Å². The van der Waals surface area contributed by atoms with E-state index < -0.39 is 10.9 Å². The van der Waals surface area contributed by atoms with E-state index in [0.29, 0.717) is 25.7 Å². The van der Waals surface area contributed by atoms with Crippen molar-refractivity contribution in [2.24, 2.45) is 5.92 Å². The van der Waals surface area contributed by atoms with Gasteiger partial charge < -0.3 is 14.6 Å². The van der Waals surface area contributed by atoms with Crippen molar-refractivity contribution in [1.29, 1.82) is 0 Å². The maximum absolute atomic E-state index is 10.9. The number of nitro groups is 1. The van der Waals surface area contributed by atoms with Gasteiger partial charge in [0.15, 0.2) is 5.75 Å². The van der Waals surface area contributed by atoms with Crippen LogP contribution in [0.15, 0.2) is 12.3 Å². The standard InChI is InChI=1S/C13H16N2O6/c1-20-11-6-9(15(18)19)7-14-12(11)21-10-4-2-8(3-5-10)13(16)17/h6-8,10H,2-5H2,1H3,(H,16,17). The number of ether oxygens (including phenoxy) is 2. The fraction of sp³-hybridized carbons (Fsp3) is 0.538. The molecule has 1 fully saturated rings. The number of carbonyl (C=O) groups is 1. The third-order valence-electron chi connectivity index (χ3n) is 3.54. The van der Waals surface area contributed by atoms with Crippen LogP contribution in [0, 0.1) is 16.0 Å². The van der Waals surface area contributed by atoms with E-state index in [-0.39, 0.29) is 29.3 Å². The second-order valence-corrected chi connectivity index (χ2v) is 4.89. The van der Waals surface area contributed by atoms with E-state index in [9.17, 15) is 14.9 Å². The van der Waals surface area contributed by atoms with Gasteiger partial charge in [-0.05, 0) is 25.7 Å². The van der Waals surface area contributed by atoms with Gasteiger partial charge in [0.1, 0.15) is 12.3 Å². The second-order valence-electron chi connectivity index (χ2n) is 4.89. The summed E-state index contributed by atoms with van der Waals surface area (Å²) >= 11 is 0. The predicted molar refractivity (Wildman–Crippen MR) is 71.5 cm³/mol. The number of carboxylic acid groups (broad SMARTS) is 1. The van der Waals surface area contributed by atoms with Crippen LogP contribution in [0.3, 0.4) is 0 Å². The quantitative estimate of drug-likeness (QED) is 0.653. The lowest BCUT2D eigenvalue weighted by Crippen LogP contribution is -2.28. The number of aliphatic carboxylic acids is 1. The Morgan fingerprint density at radius 3 is 2.62 bits per heavy atom. The average molecular weight is 296 g/mol. The molecular formula is C13H16N2O6. The van der Waals surface area contributed by atoms with Crippen molar-refractivity contribution in [3.8, 4) is 11.6 Å². The van der Waals surface area contributed by atoms with Crippen LogP contribution in [0.1, 0.15) is 25.7 Å². The van der Waals surface area contributed by atoms with Gasteiger partial charge in [-0.2, -0.15) is 0 Å². The van der Waals surface area contributed by atoms with Crippen LogP contribution in [0.4, 0.5) is 5.69 Å². The number of nitrogens with zero attached hydrogens (tertiary/aromatic N) is 2. The first kappa shape index (κ1) is 15.0. The zero-order valence-electron chi connectivity index (χ0n) is 11.5. The molecule has 8 heteroatoms. The predicted octanol–water partition coefficient (Wildman–Crippen LogP) is 2.02. The van der Waals surface area contributed by atoms with Gasteiger partial charge in [0, 0.05) is 0 Å². The Labute approximate surface area is 120 Å². The Morgan fingerprint density at radius 2 is 2.10 bits per heavy atom. The van der Waals surface area contributed by atoms with Gasteiger partial charge in [0.25, 0.3) is 11.6 Å². The van der Waals surface area contributed by atoms with Gasteiger partial charge in [-0.3, -0.25) is 14.9 Å². The first-order valence-corrected chi connectivity index (χ1v) is 6.59. The van der Waals surface area contributed by atoms with Crippen molar-refractivity contribution in [3.63, 3.8) is 0 Å². The molecule has 0 spiro atoms. The highest BCUT2D eigenvalue weighted by Crippen LogP contribution is 2.32. The summed E-state index contributed by atoms with van der Waals surface area (Å²) in [5.41, 5.74) is -0.172. The molecule has 1 N–H and O–H groups in total. The van der Waals surface area contributed by atoms with E-state index in [0.717, 1.165) is 6.20 Å². The molecule has 0 aliphatic heterocycles. The molecule has 1 saturated carbocycles. The van der Waals surface area contributed by atoms with Crippen LogP contribution < -0.4 is 9.47 Å². The Balaban J connectivity index is 2.03. The summed E-state index contributed by atoms with van der Waals surface area (Å²) in [6, 6.07) is 1.26. The van der Waals surface area contributed by atoms with Crippen molar-refractivity contribution in [2.75, 3.05) is 7.11 Å². The van der Waals surface area contributed by atoms with Crippen LogP contribution >= 0.6 is 0 Å². The number of aromatic nitrogens is 1. The first-order chi connectivity index (χ1) is 10.0. The third-order valence-corrected chi connectivity index (χ3v) is 3.54. The van der Waals surface area contributed by atoms with Crippen molar-refractivity contribution in [2.45, 2.75) is 31.8 Å². The van der Waals surface area contributed by atoms with E-state index in [2.05, 4.69) is 4.98 Å². The van der Waals surface area contributed by atoms with Gasteiger partial charge in [0.05, 0.1) is 24.0 Å². The number of carboxylic acids is 1. The monoisotopic (exact) mass is 296 g/mol. The fourth-order valence-electron chi connectivity index (χ4n) is 2.34. The minimum absolute atomic E-state index is 0.150. The molecule has 8 nitrogen and oxygen atoms in total. The summed E-state index contributed by atoms with van der Waals surface area (Å²) in [6.07, 6.45) is 3.28. The molecule has 0 saturated heterocycles. The van der Waals surface area contributed by atoms with Gasteiger partial charge in [-0.1, -0.05) is 0 Å². The van der Waals surface area contributed by atoms with E-state index in [1.54, 1.807) is 0 Å². The van der Waals surface area contributed by atoms with Crippen molar-refractivity contribution < 1.29 is 24.3 Å². The van der Waals surface area contributed by atoms with Crippen LogP contribution in [-0.4, -0.2) is 34.2 Å². The lowest BCUT2D eigenvalue weighted by Gasteiger charge is -2.26. The van der Waals surface area contributed by atoms with Gasteiger partial charge in [0.2, 0.25) is 0 Å². The summed E-state index contributed by atoms with van der Waals surface area (Å²) in [4.78, 5) is 24.9. The molecule has 1 aromatic rings. The SMILES string of the molecule is COc1cc([N+](=O)[O-])cnc1OC1CCC(C(=O)O)CC1. The highest BCUT2D eigenvalue weighted by atomic mass is 16.6. The zero-order valence-corrected chi connectivity index (χ0v) is 11.5. The molecule has 2 rings (SSSR count). The number of hydrogen-bond acceptors (Lipinski definition) is 6. The average Bonchev–Trinajstić information content (AvgIpc) is 2.48. The second kappa shape index (κ2) is 6.38. The number of hydrogen-bond donors (Lipinski definition) is 1. The lowest BCUT2D eigenvalue weighted by molar-refractivity contribution is -0.385. The summed E-state index contributed by atoms with van der Waals surface area (Å²) in [7, 11) is 1.38. The highest BCUT2D eigenvalue weighted by molar-refractivity contribution is 5.70. The Hall–Kier alpha value is -2.38. The molecule has 1 heterocycles. The smallest absolute Gasteiger partial charge is 0.306 e. The van der Waals surface area contributed by atoms with Gasteiger partial charge in [-0.25, -0.2) is 4.98 Å². The summed E-state index contributed by atoms with van der Waals surface area (Å²) in [5.74, 6) is -0.706. The number of pyridine rings is 1. The molecule has 0 aromatic carbocycles. The Morgan fingerprint density at radius 1 is 1.43 bits per heavy atom. The Kier molecular flexibility index (Phi) is 4.56. The minimum atomic E-state index is -0.778. The molecule has 21 heavy (non-hydrogen) atoms. The Bertz CT molecular complexity index is 539. The minimum Gasteiger partial charge on any atom is -0.491 e. The molecule has 1 aliphatic carbocycles. The number of rotatable bonds is 5. The molecule has 0 amide bonds. The summed E-state index contributed by atoms with van der Waals surface area (Å²) in [6.45, 7) is 0. The largest absolute Gasteiger partial charge is 0.491 e. The lowest BCUT2D eigenvalue weighted by atomic mass is 9.87. The van der Waals surface area contributed by atoms with Gasteiger partial charge >= 0.3 is 5.97 Å². The molecule has 1 aliphatic rings. The van der Waals surface area contributed by atoms with Crippen LogP contribution in [0.5, 0.6) is 11.6 Å². The van der Waals surface area contributed by atoms with E-state index >= 15 is 0 Å². The van der Waals surface area contributed by atoms with E-state index in [1.165, 1.54) is 13.2 Å². The fourth-order valence-corrected chi connectivity index (χ4v) is 2.34. The maximum Gasteiger partial charge on any atom is 0.306 e. The summed E-state index contributed by atoms with van der Waals surface area (Å²) in [5, 5.41) is 19.6. The molecule has 0 unspecified atom stereocenters. The van der Waals surface area contributed by atoms with Crippen LogP contribution in [0.25, 0.3) is 0 Å². The van der Waals surface area contributed by atoms with Crippen molar-refractivity contribution in [1.82, 2.24) is 4.98 Å². The molecule has 1 aromatic heterocycles. The first-order valence-electron chi connectivity index (χ1n) is 6.59. The van der Waals surface area contributed by atoms with Crippen LogP contribution in [-0.2, 0) is 4.79 Å². The van der Waals surface area contributed by atoms with Gasteiger partial charge in [-0.15, -0.1) is 0 Å². The highest BCUT2D eigenvalue weighted by Gasteiger charge is 2.28. The molecular weight excluding hydrogens is 280 g/mol. The normalized spacial score (nSPS) is 21.6. The molecule has 0 bridgehead atoms. The maximum atomic E-state index is 10.9. The zero-order chi connectivity index (χ0) is 15.4. The number of methoxy groups -OCH3 is 1. The van der Waals surface area contributed by atoms with Crippen LogP contribution in [0.2, 0.25) is 0 Å². The third kappa shape index (κ3) is 3.59. The molecule has 0 atom stereocenters. The molecule has 0 radical (unpaired) electrons. The topological polar surface area (TPSA) is 112 Å². The van der Waals surface area contributed by atoms with Crippen molar-refractivity contribution >= 4 is 11.7 Å².